The number of nitrogen functional groups attached to an aromatic ring is 3. The van der Waals surface area contributed by atoms with Crippen molar-refractivity contribution in [1.29, 1.82) is 0 Å². The van der Waals surface area contributed by atoms with Gasteiger partial charge < -0.3 is 116 Å². The van der Waals surface area contributed by atoms with Crippen LogP contribution in [0.25, 0.3) is 33.5 Å². The van der Waals surface area contributed by atoms with Crippen LogP contribution in [0.1, 0.15) is 75.4 Å². The fraction of sp³-hybridized carbons (Fsp3) is 0.574. The molecule has 7 aliphatic rings. The maximum Gasteiger partial charge on any atom is 0.330 e. The molecule has 8 aromatic heterocycles. The molecule has 112 heavy (non-hydrogen) atoms. The van der Waals surface area contributed by atoms with Gasteiger partial charge in [0.15, 0.2) is 46.2 Å². The van der Waals surface area contributed by atoms with Crippen molar-refractivity contribution < 1.29 is 108 Å². The van der Waals surface area contributed by atoms with Crippen LogP contribution >= 0.6 is 33.6 Å². The van der Waals surface area contributed by atoms with Crippen LogP contribution in [0.3, 0.4) is 0 Å². The number of hydrogen-bond donors (Lipinski definition) is 14. The standard InChI is InChI=1S/C54H68N19O29P5S5/c1-19-8-69(51(79)67-43(19)75)29-6-24(99-104(83,109)87-10-26-23(98-103(81,82)108)5-31(95-26)71-16-61-33-41(71)63-49(56)65-45(33)77)27(93-29)11-88-105(84,110)100-25-7-30(70-9-20(2)44(76)68-52(70)80)94-28(25)12-89-106(85,111)102-38-36-48(73-18-62-34-42(73)64-50(57)66-46(34)78)97-54(38,22(4)92-36)14-90-107(86,112)101-37-35-47(96-53(37,13-74)21(3)91-35)72-17-60-32-39(55)58-15-59-40(32)72/h8-9,15-18,21-31,35-38,47-48,74H,5-7,10-14H2,1-4H3,(H,83,109)(H,84,110)(H,85,111)(H,86,112)(H2,55,58,59)(H,67,75,79)(H,68,76,80)(H2,81,82,108)(H3,56,63,65,77)(H3,57,64,66,78)/t21-,22-,23+,24+,25+,26+,27+,28+,29+,30+,31+,35?,36?,37+,38+,47+,48?,53-,54-,104?,105?,106?,107?/m0/s1. The van der Waals surface area contributed by atoms with Gasteiger partial charge in [-0.3, -0.25) is 71.0 Å². The minimum atomic E-state index is -4.79. The highest BCUT2D eigenvalue weighted by Gasteiger charge is 2.71. The van der Waals surface area contributed by atoms with E-state index in [4.69, 9.17) is 150 Å². The fourth-order valence-electron chi connectivity index (χ4n) is 14.4. The SMILES string of the molecule is Cc1cn([C@H]2C[C@@H](OP(O)(=S)OC[C@H]3O[C@@H](n4cc(C)c(=O)[nH]c4=O)C[C@H]3OP(O)(=S)OC[C@H]3O[C@@H](n4cnc5c(=O)[nH]c(N)nc54)C[C@H]3OP(O)(O)=S)[C@@H](COP(O)(=S)O[C@@H]3C4O[C@@H](C)[C@]3(COP(O)(=S)O[C@@H]3C5O[C@@H](C)[C@]3(CO)O[C@H]5n3cnc5c(N)ncnc53)OC4n3cnc4c(=O)[nH]c(N)nc43)O2)c(=O)[nH]c1=O. The summed E-state index contributed by atoms with van der Waals surface area (Å²) in [7, 11) is 0. The number of aromatic nitrogens is 16. The Morgan fingerprint density at radius 3 is 1.38 bits per heavy atom. The Bertz CT molecular complexity index is 5690. The zero-order chi connectivity index (χ0) is 80.0. The van der Waals surface area contributed by atoms with Gasteiger partial charge in [-0.1, -0.05) is 0 Å². The lowest BCUT2D eigenvalue weighted by Gasteiger charge is -2.38. The summed E-state index contributed by atoms with van der Waals surface area (Å²) in [6.07, 6.45) is -15.7. The molecule has 7 fully saturated rings. The van der Waals surface area contributed by atoms with Gasteiger partial charge in [-0.05, 0) is 86.7 Å². The smallest absolute Gasteiger partial charge is 0.330 e. The first-order chi connectivity index (χ1) is 52.7. The summed E-state index contributed by atoms with van der Waals surface area (Å²) in [6, 6.07) is 0. The van der Waals surface area contributed by atoms with E-state index >= 15 is 0 Å². The van der Waals surface area contributed by atoms with Crippen molar-refractivity contribution in [1.82, 2.24) is 77.7 Å². The second kappa shape index (κ2) is 30.4. The number of aliphatic hydroxyl groups is 1. The highest BCUT2D eigenvalue weighted by Crippen LogP contribution is 2.62. The molecular formula is C54H68N19O29P5S5. The maximum absolute atomic E-state index is 13.5. The van der Waals surface area contributed by atoms with Crippen LogP contribution in [-0.2, 0) is 133 Å². The number of ether oxygens (including phenoxy) is 7. The number of aliphatic hydroxyl groups excluding tert-OH is 1. The van der Waals surface area contributed by atoms with Crippen molar-refractivity contribution in [3.63, 3.8) is 0 Å². The van der Waals surface area contributed by atoms with E-state index in [2.05, 4.69) is 54.8 Å². The summed E-state index contributed by atoms with van der Waals surface area (Å²) in [4.78, 5) is 185. The fourth-order valence-corrected chi connectivity index (χ4v) is 21.1. The number of imidazole rings is 3. The first kappa shape index (κ1) is 81.5. The van der Waals surface area contributed by atoms with Gasteiger partial charge in [0.2, 0.25) is 11.9 Å². The second-order valence-electron chi connectivity index (χ2n) is 26.8. The van der Waals surface area contributed by atoms with Crippen LogP contribution in [0, 0.1) is 13.8 Å². The van der Waals surface area contributed by atoms with E-state index in [1.807, 2.05) is 0 Å². The average molecular weight is 1760 g/mol. The van der Waals surface area contributed by atoms with Crippen molar-refractivity contribution >= 4 is 144 Å². The molecule has 48 nitrogen and oxygen atoms in total. The predicted molar refractivity (Wildman–Crippen MR) is 397 cm³/mol. The van der Waals surface area contributed by atoms with E-state index in [-0.39, 0.29) is 81.6 Å². The average Bonchev–Trinajstić information content (AvgIpc) is 1.55. The third-order valence-corrected chi connectivity index (χ3v) is 26.8. The molecule has 0 amide bonds. The second-order valence-corrected chi connectivity index (χ2v) is 40.5. The molecule has 0 aromatic carbocycles. The van der Waals surface area contributed by atoms with Gasteiger partial charge in [-0.25, -0.2) is 34.5 Å². The Hall–Kier alpha value is -5.66. The topological polar surface area (TPSA) is 648 Å². The summed E-state index contributed by atoms with van der Waals surface area (Å²) < 4.78 is 105. The van der Waals surface area contributed by atoms with Gasteiger partial charge in [0, 0.05) is 42.8 Å². The largest absolute Gasteiger partial charge is 0.393 e. The molecule has 4 bridgehead atoms. The zero-order valence-electron chi connectivity index (χ0n) is 57.9. The Balaban J connectivity index is 0.666. The van der Waals surface area contributed by atoms with Gasteiger partial charge >= 0.3 is 45.0 Å². The molecule has 0 aliphatic carbocycles. The lowest BCUT2D eigenvalue weighted by Crippen LogP contribution is -2.51. The minimum Gasteiger partial charge on any atom is -0.393 e. The Kier molecular flexibility index (Phi) is 22.1. The lowest BCUT2D eigenvalue weighted by atomic mass is 9.94. The van der Waals surface area contributed by atoms with Gasteiger partial charge in [-0.2, -0.15) is 9.97 Å². The molecule has 0 saturated carbocycles. The molecule has 23 atom stereocenters. The zero-order valence-corrected chi connectivity index (χ0v) is 66.5. The number of nitrogens with one attached hydrogen (secondary N) is 4. The molecule has 58 heteroatoms. The van der Waals surface area contributed by atoms with E-state index in [9.17, 15) is 63.2 Å². The van der Waals surface area contributed by atoms with Crippen LogP contribution < -0.4 is 50.8 Å². The molecule has 0 radical (unpaired) electrons. The third-order valence-electron chi connectivity index (χ3n) is 19.7. The third kappa shape index (κ3) is 15.7. The summed E-state index contributed by atoms with van der Waals surface area (Å²) in [5, 5.41) is 11.0. The lowest BCUT2D eigenvalue weighted by molar-refractivity contribution is -0.217. The first-order valence-corrected chi connectivity index (χ1v) is 46.3. The monoisotopic (exact) mass is 1760 g/mol. The number of aryl methyl sites for hydroxylation is 2. The molecule has 15 rings (SSSR count). The van der Waals surface area contributed by atoms with Gasteiger partial charge in [0.25, 0.3) is 22.2 Å². The van der Waals surface area contributed by atoms with Crippen molar-refractivity contribution in [3.8, 4) is 0 Å². The molecule has 8 aromatic rings. The number of nitrogens with two attached hydrogens (primary N) is 3. The van der Waals surface area contributed by atoms with E-state index in [1.165, 1.54) is 72.2 Å². The molecule has 608 valence electrons. The van der Waals surface area contributed by atoms with Crippen LogP contribution in [0.5, 0.6) is 0 Å². The molecule has 17 N–H and O–H groups in total. The molecule has 7 aliphatic heterocycles. The summed E-state index contributed by atoms with van der Waals surface area (Å²) in [6.45, 7) is -20.9. The van der Waals surface area contributed by atoms with E-state index in [1.54, 1.807) is 6.92 Å². The molecular weight excluding hydrogens is 1690 g/mol. The van der Waals surface area contributed by atoms with Gasteiger partial charge in [-0.15, -0.1) is 0 Å². The maximum atomic E-state index is 13.5. The number of fused-ring (bicyclic) bond motifs is 7. The number of nitrogens with zero attached hydrogens (tertiary/aromatic N) is 12. The van der Waals surface area contributed by atoms with Gasteiger partial charge in [0.1, 0.15) is 84.5 Å². The molecule has 7 unspecified atom stereocenters. The number of anilines is 3. The quantitative estimate of drug-likeness (QED) is 0.0227. The highest BCUT2D eigenvalue weighted by molar-refractivity contribution is 8.08. The first-order valence-electron chi connectivity index (χ1n) is 33.3. The Labute approximate surface area is 650 Å². The Morgan fingerprint density at radius 1 is 0.500 bits per heavy atom. The number of H-pyrrole nitrogens is 4. The predicted octanol–water partition coefficient (Wildman–Crippen LogP) is -2.41. The van der Waals surface area contributed by atoms with E-state index in [0.29, 0.717) is 0 Å². The van der Waals surface area contributed by atoms with Gasteiger partial charge in [0.05, 0.1) is 82.5 Å². The molecule has 15 heterocycles. The van der Waals surface area contributed by atoms with Crippen molar-refractivity contribution in [3.05, 3.63) is 111 Å². The summed E-state index contributed by atoms with van der Waals surface area (Å²) in [5.74, 6) is -0.500. The Morgan fingerprint density at radius 2 is 0.902 bits per heavy atom. The van der Waals surface area contributed by atoms with Crippen LogP contribution in [0.15, 0.2) is 66.5 Å². The van der Waals surface area contributed by atoms with Crippen molar-refractivity contribution in [2.45, 2.75) is 163 Å². The highest BCUT2D eigenvalue weighted by atomic mass is 32.5. The normalized spacial score (nSPS) is 32.6. The van der Waals surface area contributed by atoms with Crippen LogP contribution in [0.4, 0.5) is 17.7 Å². The van der Waals surface area contributed by atoms with E-state index < -0.39 is 216 Å². The van der Waals surface area contributed by atoms with Crippen LogP contribution in [0.2, 0.25) is 0 Å². The van der Waals surface area contributed by atoms with Crippen LogP contribution in [-0.4, -0.2) is 230 Å². The summed E-state index contributed by atoms with van der Waals surface area (Å²) >= 11 is 27.3. The number of hydrogen-bond acceptors (Lipinski definition) is 38. The summed E-state index contributed by atoms with van der Waals surface area (Å²) in [5.41, 5.74) is 9.66. The minimum absolute atomic E-state index is 0.0156. The number of rotatable bonds is 28. The number of aromatic amines is 4. The van der Waals surface area contributed by atoms with Crippen molar-refractivity contribution in [2.75, 3.05) is 50.2 Å². The molecule has 0 spiro atoms. The molecule has 7 saturated heterocycles. The van der Waals surface area contributed by atoms with E-state index in [0.717, 1.165) is 9.13 Å². The van der Waals surface area contributed by atoms with Crippen molar-refractivity contribution in [2.24, 2.45) is 0 Å².